The summed E-state index contributed by atoms with van der Waals surface area (Å²) in [6.45, 7) is 11.3. The van der Waals surface area contributed by atoms with Crippen LogP contribution in [0.4, 0.5) is 4.39 Å². The lowest BCUT2D eigenvalue weighted by atomic mass is 9.87. The molecule has 0 radical (unpaired) electrons. The van der Waals surface area contributed by atoms with E-state index < -0.39 is 11.5 Å². The Balaban J connectivity index is 1.88. The largest absolute Gasteiger partial charge is 0.337 e. The molecule has 0 amide bonds. The van der Waals surface area contributed by atoms with Crippen molar-refractivity contribution in [1.29, 1.82) is 0 Å². The minimum atomic E-state index is -0.511. The molecule has 0 unspecified atom stereocenters. The molecule has 0 spiro atoms. The van der Waals surface area contributed by atoms with Crippen molar-refractivity contribution in [1.82, 2.24) is 18.7 Å². The van der Waals surface area contributed by atoms with Crippen molar-refractivity contribution in [3.05, 3.63) is 92.6 Å². The first-order valence-electron chi connectivity index (χ1n) is 11.6. The molecule has 0 fully saturated rings. The third kappa shape index (κ3) is 4.60. The van der Waals surface area contributed by atoms with E-state index in [0.717, 1.165) is 5.56 Å². The predicted octanol–water partition coefficient (Wildman–Crippen LogP) is 4.88. The molecule has 0 N–H and O–H groups in total. The van der Waals surface area contributed by atoms with Gasteiger partial charge in [-0.05, 0) is 47.1 Å². The van der Waals surface area contributed by atoms with Crippen LogP contribution in [0.25, 0.3) is 16.9 Å². The first-order valence-corrected chi connectivity index (χ1v) is 11.6. The molecule has 0 saturated heterocycles. The highest BCUT2D eigenvalue weighted by molar-refractivity contribution is 5.72. The Labute approximate surface area is 198 Å². The summed E-state index contributed by atoms with van der Waals surface area (Å²) in [6, 6.07) is 14.1. The van der Waals surface area contributed by atoms with Crippen LogP contribution in [0.15, 0.2) is 64.4 Å². The summed E-state index contributed by atoms with van der Waals surface area (Å²) in [4.78, 5) is 31.3. The lowest BCUT2D eigenvalue weighted by molar-refractivity contribution is 0.491. The van der Waals surface area contributed by atoms with Crippen LogP contribution in [0.1, 0.15) is 52.2 Å². The van der Waals surface area contributed by atoms with E-state index in [1.54, 1.807) is 23.0 Å². The van der Waals surface area contributed by atoms with Gasteiger partial charge >= 0.3 is 5.69 Å². The number of halogens is 1. The molecular weight excluding hydrogens is 431 g/mol. The van der Waals surface area contributed by atoms with Crippen molar-refractivity contribution in [3.8, 4) is 5.69 Å². The Morgan fingerprint density at radius 2 is 1.74 bits per heavy atom. The minimum Gasteiger partial charge on any atom is -0.320 e. The lowest BCUT2D eigenvalue weighted by Gasteiger charge is -2.19. The summed E-state index contributed by atoms with van der Waals surface area (Å²) in [7, 11) is 0. The highest BCUT2D eigenvalue weighted by atomic mass is 19.1. The predicted molar refractivity (Wildman–Crippen MR) is 133 cm³/mol. The van der Waals surface area contributed by atoms with Gasteiger partial charge in [-0.25, -0.2) is 18.7 Å². The zero-order chi connectivity index (χ0) is 24.6. The van der Waals surface area contributed by atoms with Crippen LogP contribution in [-0.2, 0) is 18.5 Å². The van der Waals surface area contributed by atoms with E-state index in [4.69, 9.17) is 0 Å². The highest BCUT2D eigenvalue weighted by Crippen LogP contribution is 2.23. The van der Waals surface area contributed by atoms with Crippen LogP contribution >= 0.6 is 0 Å². The van der Waals surface area contributed by atoms with E-state index in [0.29, 0.717) is 30.1 Å². The second kappa shape index (κ2) is 9.05. The molecule has 0 aliphatic rings. The standard InChI is InChI=1S/C27H31FN4O2/c1-18(2)13-14-31-25(33)23-24(32(26(31)34)22-8-6-7-21(28)15-22)29-17-30(23)16-19-9-11-20(12-10-19)27(3,4)5/h6-12,15,17-18H,13-14,16H2,1-5H3. The maximum Gasteiger partial charge on any atom is 0.337 e. The Morgan fingerprint density at radius 1 is 1.03 bits per heavy atom. The number of benzene rings is 2. The number of nitrogens with zero attached hydrogens (tertiary/aromatic N) is 4. The van der Waals surface area contributed by atoms with Crippen LogP contribution in [0.2, 0.25) is 0 Å². The molecule has 4 aromatic rings. The van der Waals surface area contributed by atoms with Crippen LogP contribution in [0.3, 0.4) is 0 Å². The molecule has 0 atom stereocenters. The van der Waals surface area contributed by atoms with Crippen LogP contribution < -0.4 is 11.2 Å². The fraction of sp³-hybridized carbons (Fsp3) is 0.370. The van der Waals surface area contributed by atoms with Gasteiger partial charge < -0.3 is 4.57 Å². The van der Waals surface area contributed by atoms with E-state index in [9.17, 15) is 14.0 Å². The zero-order valence-corrected chi connectivity index (χ0v) is 20.4. The van der Waals surface area contributed by atoms with Crippen molar-refractivity contribution in [3.63, 3.8) is 0 Å². The van der Waals surface area contributed by atoms with Gasteiger partial charge in [-0.2, -0.15) is 0 Å². The molecular formula is C27H31FN4O2. The molecule has 0 aliphatic heterocycles. The number of fused-ring (bicyclic) bond motifs is 1. The van der Waals surface area contributed by atoms with Gasteiger partial charge in [0.15, 0.2) is 11.2 Å². The number of rotatable bonds is 6. The summed E-state index contributed by atoms with van der Waals surface area (Å²) < 4.78 is 18.4. The van der Waals surface area contributed by atoms with Gasteiger partial charge in [-0.3, -0.25) is 9.36 Å². The minimum absolute atomic E-state index is 0.0470. The summed E-state index contributed by atoms with van der Waals surface area (Å²) >= 11 is 0. The van der Waals surface area contributed by atoms with Gasteiger partial charge in [0.1, 0.15) is 5.82 Å². The molecule has 0 bridgehead atoms. The average molecular weight is 463 g/mol. The van der Waals surface area contributed by atoms with Gasteiger partial charge in [0.2, 0.25) is 0 Å². The van der Waals surface area contributed by atoms with E-state index in [1.807, 2.05) is 26.0 Å². The Hall–Kier alpha value is -3.48. The third-order valence-electron chi connectivity index (χ3n) is 6.07. The quantitative estimate of drug-likeness (QED) is 0.410. The van der Waals surface area contributed by atoms with E-state index >= 15 is 0 Å². The normalized spacial score (nSPS) is 12.1. The SMILES string of the molecule is CC(C)CCn1c(=O)c2c(ncn2Cc2ccc(C(C)(C)C)cc2)n(-c2cccc(F)c2)c1=O. The molecule has 4 rings (SSSR count). The Morgan fingerprint density at radius 3 is 2.35 bits per heavy atom. The Kier molecular flexibility index (Phi) is 6.30. The number of hydrogen-bond donors (Lipinski definition) is 0. The number of hydrogen-bond acceptors (Lipinski definition) is 3. The Bertz CT molecular complexity index is 1440. The van der Waals surface area contributed by atoms with Gasteiger partial charge in [-0.1, -0.05) is 65.0 Å². The third-order valence-corrected chi connectivity index (χ3v) is 6.07. The molecule has 34 heavy (non-hydrogen) atoms. The summed E-state index contributed by atoms with van der Waals surface area (Å²) in [5.41, 5.74) is 2.30. The van der Waals surface area contributed by atoms with Crippen LogP contribution in [-0.4, -0.2) is 18.7 Å². The summed E-state index contributed by atoms with van der Waals surface area (Å²) in [5, 5.41) is 0. The topological polar surface area (TPSA) is 61.8 Å². The van der Waals surface area contributed by atoms with E-state index in [2.05, 4.69) is 37.9 Å². The van der Waals surface area contributed by atoms with Crippen molar-refractivity contribution >= 4 is 11.2 Å². The van der Waals surface area contributed by atoms with Gasteiger partial charge in [-0.15, -0.1) is 0 Å². The molecule has 0 saturated carbocycles. The fourth-order valence-electron chi connectivity index (χ4n) is 4.04. The molecule has 2 heterocycles. The van der Waals surface area contributed by atoms with Crippen molar-refractivity contribution < 1.29 is 4.39 Å². The van der Waals surface area contributed by atoms with Crippen LogP contribution in [0.5, 0.6) is 0 Å². The molecule has 7 heteroatoms. The average Bonchev–Trinajstić information content (AvgIpc) is 3.16. The fourth-order valence-corrected chi connectivity index (χ4v) is 4.04. The van der Waals surface area contributed by atoms with Crippen LogP contribution in [0, 0.1) is 11.7 Å². The lowest BCUT2D eigenvalue weighted by Crippen LogP contribution is -2.40. The van der Waals surface area contributed by atoms with Gasteiger partial charge in [0, 0.05) is 13.1 Å². The van der Waals surface area contributed by atoms with E-state index in [-0.39, 0.29) is 23.2 Å². The maximum absolute atomic E-state index is 14.0. The zero-order valence-electron chi connectivity index (χ0n) is 20.4. The second-order valence-corrected chi connectivity index (χ2v) is 10.2. The molecule has 2 aromatic heterocycles. The maximum atomic E-state index is 14.0. The molecule has 178 valence electrons. The van der Waals surface area contributed by atoms with Gasteiger partial charge in [0.05, 0.1) is 12.0 Å². The van der Waals surface area contributed by atoms with Crippen molar-refractivity contribution in [2.75, 3.05) is 0 Å². The molecule has 2 aromatic carbocycles. The number of imidazole rings is 1. The monoisotopic (exact) mass is 462 g/mol. The smallest absolute Gasteiger partial charge is 0.320 e. The first-order chi connectivity index (χ1) is 16.1. The number of aromatic nitrogens is 4. The first kappa shape index (κ1) is 23.7. The molecule has 0 aliphatic carbocycles. The molecule has 6 nitrogen and oxygen atoms in total. The van der Waals surface area contributed by atoms with E-state index in [1.165, 1.54) is 26.8 Å². The van der Waals surface area contributed by atoms with Crippen molar-refractivity contribution in [2.24, 2.45) is 5.92 Å². The second-order valence-electron chi connectivity index (χ2n) is 10.2. The van der Waals surface area contributed by atoms with Crippen molar-refractivity contribution in [2.45, 2.75) is 59.5 Å². The highest BCUT2D eigenvalue weighted by Gasteiger charge is 2.20. The summed E-state index contributed by atoms with van der Waals surface area (Å²) in [5.74, 6) is -0.147. The van der Waals surface area contributed by atoms with Gasteiger partial charge in [0.25, 0.3) is 5.56 Å². The summed E-state index contributed by atoms with van der Waals surface area (Å²) in [6.07, 6.45) is 2.25.